The highest BCUT2D eigenvalue weighted by Gasteiger charge is 2.36. The molecule has 0 bridgehead atoms. The molecule has 1 heterocycles. The number of nitrogens with zero attached hydrogens (tertiary/aromatic N) is 1. The van der Waals surface area contributed by atoms with Crippen LogP contribution in [0.15, 0.2) is 42.5 Å². The van der Waals surface area contributed by atoms with E-state index in [1.165, 1.54) is 23.1 Å². The SMILES string of the molecule is O=C(Cc1cccc(F)c1)N1CC(O)CC1c1cc(F)ccc1F. The molecule has 1 saturated heterocycles. The van der Waals surface area contributed by atoms with E-state index in [0.717, 1.165) is 18.2 Å². The highest BCUT2D eigenvalue weighted by molar-refractivity contribution is 5.79. The second kappa shape index (κ2) is 6.65. The van der Waals surface area contributed by atoms with Gasteiger partial charge in [0, 0.05) is 12.1 Å². The van der Waals surface area contributed by atoms with Crippen LogP contribution in [0.4, 0.5) is 13.2 Å². The van der Waals surface area contributed by atoms with Crippen LogP contribution < -0.4 is 0 Å². The Morgan fingerprint density at radius 2 is 1.88 bits per heavy atom. The first kappa shape index (κ1) is 16.5. The van der Waals surface area contributed by atoms with Crippen molar-refractivity contribution in [1.29, 1.82) is 0 Å². The van der Waals surface area contributed by atoms with E-state index in [9.17, 15) is 23.1 Å². The molecule has 2 aromatic carbocycles. The molecule has 0 saturated carbocycles. The van der Waals surface area contributed by atoms with Gasteiger partial charge in [0.15, 0.2) is 0 Å². The summed E-state index contributed by atoms with van der Waals surface area (Å²) in [5, 5.41) is 9.88. The first-order chi connectivity index (χ1) is 11.4. The van der Waals surface area contributed by atoms with Gasteiger partial charge < -0.3 is 10.0 Å². The zero-order valence-electron chi connectivity index (χ0n) is 12.8. The van der Waals surface area contributed by atoms with Gasteiger partial charge in [0.1, 0.15) is 17.5 Å². The molecule has 2 aromatic rings. The van der Waals surface area contributed by atoms with Gasteiger partial charge in [-0.15, -0.1) is 0 Å². The molecule has 3 nitrogen and oxygen atoms in total. The number of halogens is 3. The monoisotopic (exact) mass is 335 g/mol. The number of likely N-dealkylation sites (tertiary alicyclic amines) is 1. The summed E-state index contributed by atoms with van der Waals surface area (Å²) in [5.74, 6) is -2.05. The second-order valence-electron chi connectivity index (χ2n) is 5.92. The lowest BCUT2D eigenvalue weighted by molar-refractivity contribution is -0.131. The zero-order chi connectivity index (χ0) is 17.3. The smallest absolute Gasteiger partial charge is 0.227 e. The van der Waals surface area contributed by atoms with E-state index in [0.29, 0.717) is 5.56 Å². The molecule has 0 radical (unpaired) electrons. The molecule has 126 valence electrons. The Bertz CT molecular complexity index is 766. The summed E-state index contributed by atoms with van der Waals surface area (Å²) in [7, 11) is 0. The summed E-state index contributed by atoms with van der Waals surface area (Å²) in [5.41, 5.74) is 0.527. The Hall–Kier alpha value is -2.34. The van der Waals surface area contributed by atoms with E-state index in [4.69, 9.17) is 0 Å². The van der Waals surface area contributed by atoms with E-state index in [1.54, 1.807) is 6.07 Å². The maximum Gasteiger partial charge on any atom is 0.227 e. The van der Waals surface area contributed by atoms with Gasteiger partial charge in [-0.3, -0.25) is 4.79 Å². The van der Waals surface area contributed by atoms with Crippen molar-refractivity contribution in [2.45, 2.75) is 25.0 Å². The molecule has 2 atom stereocenters. The number of carbonyl (C=O) groups is 1. The van der Waals surface area contributed by atoms with Crippen LogP contribution in [0.2, 0.25) is 0 Å². The minimum absolute atomic E-state index is 0.0365. The topological polar surface area (TPSA) is 40.5 Å². The standard InChI is InChI=1S/C18H16F3NO2/c19-12-3-1-2-11(6-12)7-18(24)22-10-14(23)9-17(22)15-8-13(20)4-5-16(15)21/h1-6,8,14,17,23H,7,9-10H2. The summed E-state index contributed by atoms with van der Waals surface area (Å²) in [6.07, 6.45) is -0.748. The van der Waals surface area contributed by atoms with Crippen molar-refractivity contribution in [2.75, 3.05) is 6.54 Å². The van der Waals surface area contributed by atoms with Crippen LogP contribution in [-0.2, 0) is 11.2 Å². The van der Waals surface area contributed by atoms with Crippen LogP contribution in [0.3, 0.4) is 0 Å². The fraction of sp³-hybridized carbons (Fsp3) is 0.278. The van der Waals surface area contributed by atoms with E-state index >= 15 is 0 Å². The maximum absolute atomic E-state index is 14.0. The lowest BCUT2D eigenvalue weighted by atomic mass is 10.0. The molecular formula is C18H16F3NO2. The van der Waals surface area contributed by atoms with Crippen LogP contribution in [-0.4, -0.2) is 28.6 Å². The minimum Gasteiger partial charge on any atom is -0.391 e. The molecule has 1 aliphatic rings. The molecule has 0 aliphatic carbocycles. The zero-order valence-corrected chi connectivity index (χ0v) is 12.8. The third kappa shape index (κ3) is 3.43. The number of carbonyl (C=O) groups excluding carboxylic acids is 1. The van der Waals surface area contributed by atoms with Crippen molar-refractivity contribution in [3.8, 4) is 0 Å². The van der Waals surface area contributed by atoms with E-state index < -0.39 is 29.6 Å². The van der Waals surface area contributed by atoms with Gasteiger partial charge in [-0.05, 0) is 42.3 Å². The summed E-state index contributed by atoms with van der Waals surface area (Å²) in [4.78, 5) is 13.9. The molecule has 1 aliphatic heterocycles. The second-order valence-corrected chi connectivity index (χ2v) is 5.92. The fourth-order valence-corrected chi connectivity index (χ4v) is 3.08. The lowest BCUT2D eigenvalue weighted by Gasteiger charge is -2.25. The van der Waals surface area contributed by atoms with Gasteiger partial charge in [-0.1, -0.05) is 12.1 Å². The number of benzene rings is 2. The van der Waals surface area contributed by atoms with Gasteiger partial charge in [0.2, 0.25) is 5.91 Å². The van der Waals surface area contributed by atoms with Crippen LogP contribution in [0.25, 0.3) is 0 Å². The van der Waals surface area contributed by atoms with Gasteiger partial charge in [-0.25, -0.2) is 13.2 Å². The van der Waals surface area contributed by atoms with Gasteiger partial charge in [-0.2, -0.15) is 0 Å². The fourth-order valence-electron chi connectivity index (χ4n) is 3.08. The Kier molecular flexibility index (Phi) is 4.57. The number of aliphatic hydroxyl groups is 1. The number of hydrogen-bond acceptors (Lipinski definition) is 2. The summed E-state index contributed by atoms with van der Waals surface area (Å²) in [6, 6.07) is 7.96. The molecule has 1 amide bonds. The normalized spacial score (nSPS) is 20.4. The molecule has 0 aromatic heterocycles. The van der Waals surface area contributed by atoms with Gasteiger partial charge >= 0.3 is 0 Å². The van der Waals surface area contributed by atoms with E-state index in [2.05, 4.69) is 0 Å². The van der Waals surface area contributed by atoms with E-state index in [1.807, 2.05) is 0 Å². The molecule has 6 heteroatoms. The molecule has 1 N–H and O–H groups in total. The van der Waals surface area contributed by atoms with Gasteiger partial charge in [0.05, 0.1) is 18.6 Å². The average molecular weight is 335 g/mol. The molecule has 3 rings (SSSR count). The van der Waals surface area contributed by atoms with Crippen molar-refractivity contribution in [1.82, 2.24) is 4.90 Å². The Balaban J connectivity index is 1.85. The lowest BCUT2D eigenvalue weighted by Crippen LogP contribution is -2.33. The van der Waals surface area contributed by atoms with Crippen LogP contribution in [0, 0.1) is 17.5 Å². The highest BCUT2D eigenvalue weighted by atomic mass is 19.1. The van der Waals surface area contributed by atoms with Crippen molar-refractivity contribution in [2.24, 2.45) is 0 Å². The average Bonchev–Trinajstić information content (AvgIpc) is 2.91. The van der Waals surface area contributed by atoms with Crippen LogP contribution >= 0.6 is 0 Å². The Morgan fingerprint density at radius 3 is 2.62 bits per heavy atom. The maximum atomic E-state index is 14.0. The Morgan fingerprint density at radius 1 is 1.12 bits per heavy atom. The summed E-state index contributed by atoms with van der Waals surface area (Å²) in [6.45, 7) is 0.0365. The van der Waals surface area contributed by atoms with Crippen molar-refractivity contribution in [3.05, 3.63) is 71.0 Å². The first-order valence-electron chi connectivity index (χ1n) is 7.61. The third-order valence-corrected chi connectivity index (χ3v) is 4.16. The van der Waals surface area contributed by atoms with Crippen LogP contribution in [0.5, 0.6) is 0 Å². The minimum atomic E-state index is -0.811. The Labute approximate surface area is 137 Å². The molecule has 1 fully saturated rings. The largest absolute Gasteiger partial charge is 0.391 e. The quantitative estimate of drug-likeness (QED) is 0.937. The number of β-amino-alcohol motifs (C(OH)–C–C–N with tert-alkyl or cyclic N) is 1. The predicted molar refractivity (Wildman–Crippen MR) is 81.5 cm³/mol. The van der Waals surface area contributed by atoms with E-state index in [-0.39, 0.29) is 30.9 Å². The molecule has 24 heavy (non-hydrogen) atoms. The van der Waals surface area contributed by atoms with Crippen molar-refractivity contribution >= 4 is 5.91 Å². The number of aliphatic hydroxyl groups excluding tert-OH is 1. The summed E-state index contributed by atoms with van der Waals surface area (Å²) >= 11 is 0. The number of amides is 1. The number of hydrogen-bond donors (Lipinski definition) is 1. The highest BCUT2D eigenvalue weighted by Crippen LogP contribution is 2.34. The summed E-state index contributed by atoms with van der Waals surface area (Å²) < 4.78 is 40.7. The molecular weight excluding hydrogens is 319 g/mol. The first-order valence-corrected chi connectivity index (χ1v) is 7.61. The van der Waals surface area contributed by atoms with Crippen molar-refractivity contribution < 1.29 is 23.1 Å². The van der Waals surface area contributed by atoms with Crippen molar-refractivity contribution in [3.63, 3.8) is 0 Å². The predicted octanol–water partition coefficient (Wildman–Crippen LogP) is 2.98. The van der Waals surface area contributed by atoms with Gasteiger partial charge in [0.25, 0.3) is 0 Å². The molecule has 2 unspecified atom stereocenters. The molecule has 0 spiro atoms. The third-order valence-electron chi connectivity index (χ3n) is 4.16. The number of rotatable bonds is 3. The van der Waals surface area contributed by atoms with Crippen LogP contribution in [0.1, 0.15) is 23.6 Å².